The third-order valence-electron chi connectivity index (χ3n) is 3.44. The van der Waals surface area contributed by atoms with Crippen LogP contribution in [0, 0.1) is 5.92 Å². The van der Waals surface area contributed by atoms with Crippen molar-refractivity contribution in [1.82, 2.24) is 9.78 Å². The van der Waals surface area contributed by atoms with Crippen LogP contribution in [0.2, 0.25) is 0 Å². The maximum Gasteiger partial charge on any atom is 0.0527 e. The monoisotopic (exact) mass is 192 g/mol. The molecule has 0 spiro atoms. The van der Waals surface area contributed by atoms with E-state index in [2.05, 4.69) is 36.7 Å². The van der Waals surface area contributed by atoms with Crippen LogP contribution < -0.4 is 0 Å². The molecular weight excluding hydrogens is 172 g/mol. The van der Waals surface area contributed by atoms with Crippen molar-refractivity contribution in [1.29, 1.82) is 0 Å². The van der Waals surface area contributed by atoms with E-state index in [0.717, 1.165) is 12.5 Å². The summed E-state index contributed by atoms with van der Waals surface area (Å²) in [5.41, 5.74) is 1.66. The molecule has 0 saturated heterocycles. The Kier molecular flexibility index (Phi) is 2.38. The van der Waals surface area contributed by atoms with Gasteiger partial charge in [-0.3, -0.25) is 4.68 Å². The van der Waals surface area contributed by atoms with Crippen LogP contribution in [0.25, 0.3) is 0 Å². The molecule has 0 atom stereocenters. The predicted molar refractivity (Wildman–Crippen MR) is 58.3 cm³/mol. The SMILES string of the molecule is CCC(C)(C)c1cnn(CC2CC2)c1. The van der Waals surface area contributed by atoms with Crippen molar-refractivity contribution in [2.24, 2.45) is 5.92 Å². The van der Waals surface area contributed by atoms with Gasteiger partial charge in [-0.05, 0) is 36.2 Å². The molecule has 2 rings (SSSR count). The highest BCUT2D eigenvalue weighted by Gasteiger charge is 2.24. The zero-order chi connectivity index (χ0) is 10.2. The molecule has 14 heavy (non-hydrogen) atoms. The van der Waals surface area contributed by atoms with Gasteiger partial charge >= 0.3 is 0 Å². The minimum atomic E-state index is 0.280. The van der Waals surface area contributed by atoms with Gasteiger partial charge in [0.2, 0.25) is 0 Å². The summed E-state index contributed by atoms with van der Waals surface area (Å²) in [6, 6.07) is 0. The van der Waals surface area contributed by atoms with Crippen molar-refractivity contribution >= 4 is 0 Å². The Balaban J connectivity index is 2.07. The number of aromatic nitrogens is 2. The highest BCUT2D eigenvalue weighted by atomic mass is 15.3. The molecule has 1 fully saturated rings. The van der Waals surface area contributed by atoms with E-state index in [-0.39, 0.29) is 5.41 Å². The van der Waals surface area contributed by atoms with Crippen LogP contribution >= 0.6 is 0 Å². The summed E-state index contributed by atoms with van der Waals surface area (Å²) in [5, 5.41) is 4.43. The smallest absolute Gasteiger partial charge is 0.0527 e. The van der Waals surface area contributed by atoms with Crippen molar-refractivity contribution in [3.63, 3.8) is 0 Å². The molecule has 0 amide bonds. The van der Waals surface area contributed by atoms with Crippen LogP contribution in [-0.4, -0.2) is 9.78 Å². The lowest BCUT2D eigenvalue weighted by Gasteiger charge is -2.20. The van der Waals surface area contributed by atoms with Crippen LogP contribution in [0.5, 0.6) is 0 Å². The van der Waals surface area contributed by atoms with E-state index < -0.39 is 0 Å². The lowest BCUT2D eigenvalue weighted by atomic mass is 9.84. The van der Waals surface area contributed by atoms with Crippen LogP contribution in [-0.2, 0) is 12.0 Å². The predicted octanol–water partition coefficient (Wildman–Crippen LogP) is 2.98. The highest BCUT2D eigenvalue weighted by Crippen LogP contribution is 2.31. The largest absolute Gasteiger partial charge is 0.272 e. The zero-order valence-corrected chi connectivity index (χ0v) is 9.45. The summed E-state index contributed by atoms with van der Waals surface area (Å²) < 4.78 is 2.12. The average molecular weight is 192 g/mol. The van der Waals surface area contributed by atoms with Crippen LogP contribution in [0.3, 0.4) is 0 Å². The van der Waals surface area contributed by atoms with Crippen LogP contribution in [0.15, 0.2) is 12.4 Å². The lowest BCUT2D eigenvalue weighted by molar-refractivity contribution is 0.503. The molecule has 78 valence electrons. The molecule has 0 aliphatic heterocycles. The van der Waals surface area contributed by atoms with E-state index in [9.17, 15) is 0 Å². The minimum absolute atomic E-state index is 0.280. The summed E-state index contributed by atoms with van der Waals surface area (Å²) in [6.45, 7) is 7.93. The van der Waals surface area contributed by atoms with Gasteiger partial charge in [0.05, 0.1) is 6.20 Å². The second-order valence-electron chi connectivity index (χ2n) is 5.13. The molecule has 1 aromatic rings. The third kappa shape index (κ3) is 1.99. The Morgan fingerprint density at radius 1 is 1.50 bits per heavy atom. The molecule has 1 aliphatic rings. The van der Waals surface area contributed by atoms with Gasteiger partial charge < -0.3 is 0 Å². The molecule has 1 aromatic heterocycles. The number of rotatable bonds is 4. The number of nitrogens with zero attached hydrogens (tertiary/aromatic N) is 2. The van der Waals surface area contributed by atoms with Crippen molar-refractivity contribution in [3.05, 3.63) is 18.0 Å². The fraction of sp³-hybridized carbons (Fsp3) is 0.750. The van der Waals surface area contributed by atoms with Gasteiger partial charge in [0, 0.05) is 12.7 Å². The van der Waals surface area contributed by atoms with Gasteiger partial charge in [-0.2, -0.15) is 5.10 Å². The maximum absolute atomic E-state index is 4.43. The second-order valence-corrected chi connectivity index (χ2v) is 5.13. The molecule has 0 radical (unpaired) electrons. The standard InChI is InChI=1S/C12H20N2/c1-4-12(2,3)11-7-13-14(9-11)8-10-5-6-10/h7,9-10H,4-6,8H2,1-3H3. The molecule has 1 aliphatic carbocycles. The third-order valence-corrected chi connectivity index (χ3v) is 3.44. The van der Waals surface area contributed by atoms with E-state index in [4.69, 9.17) is 0 Å². The first-order valence-electron chi connectivity index (χ1n) is 5.65. The minimum Gasteiger partial charge on any atom is -0.272 e. The highest BCUT2D eigenvalue weighted by molar-refractivity contribution is 5.16. The second kappa shape index (κ2) is 3.41. The van der Waals surface area contributed by atoms with Crippen molar-refractivity contribution < 1.29 is 0 Å². The van der Waals surface area contributed by atoms with E-state index in [1.54, 1.807) is 0 Å². The zero-order valence-electron chi connectivity index (χ0n) is 9.45. The molecule has 1 heterocycles. The normalized spacial score (nSPS) is 17.4. The Morgan fingerprint density at radius 2 is 2.21 bits per heavy atom. The molecule has 0 unspecified atom stereocenters. The molecule has 0 bridgehead atoms. The van der Waals surface area contributed by atoms with Gasteiger partial charge in [-0.15, -0.1) is 0 Å². The first kappa shape index (κ1) is 9.75. The molecule has 2 nitrogen and oxygen atoms in total. The fourth-order valence-corrected chi connectivity index (χ4v) is 1.58. The van der Waals surface area contributed by atoms with Crippen LogP contribution in [0.1, 0.15) is 45.6 Å². The maximum atomic E-state index is 4.43. The van der Waals surface area contributed by atoms with Crippen molar-refractivity contribution in [3.8, 4) is 0 Å². The van der Waals surface area contributed by atoms with Crippen molar-refractivity contribution in [2.45, 2.75) is 52.0 Å². The Hall–Kier alpha value is -0.790. The summed E-state index contributed by atoms with van der Waals surface area (Å²) in [5.74, 6) is 0.910. The average Bonchev–Trinajstić information content (AvgIpc) is 2.81. The Bertz CT molecular complexity index is 308. The van der Waals surface area contributed by atoms with Crippen molar-refractivity contribution in [2.75, 3.05) is 0 Å². The fourth-order valence-electron chi connectivity index (χ4n) is 1.58. The Morgan fingerprint density at radius 3 is 2.79 bits per heavy atom. The Labute approximate surface area is 86.3 Å². The summed E-state index contributed by atoms with van der Waals surface area (Å²) in [7, 11) is 0. The summed E-state index contributed by atoms with van der Waals surface area (Å²) in [4.78, 5) is 0. The first-order chi connectivity index (χ1) is 6.62. The van der Waals surface area contributed by atoms with Crippen LogP contribution in [0.4, 0.5) is 0 Å². The van der Waals surface area contributed by atoms with E-state index in [0.29, 0.717) is 0 Å². The first-order valence-corrected chi connectivity index (χ1v) is 5.65. The van der Waals surface area contributed by atoms with Gasteiger partial charge in [-0.25, -0.2) is 0 Å². The van der Waals surface area contributed by atoms with Gasteiger partial charge in [0.1, 0.15) is 0 Å². The van der Waals surface area contributed by atoms with E-state index in [1.807, 2.05) is 6.20 Å². The number of hydrogen-bond donors (Lipinski definition) is 0. The van der Waals surface area contributed by atoms with Gasteiger partial charge in [0.25, 0.3) is 0 Å². The molecule has 1 saturated carbocycles. The van der Waals surface area contributed by atoms with Gasteiger partial charge in [0.15, 0.2) is 0 Å². The summed E-state index contributed by atoms with van der Waals surface area (Å²) in [6.07, 6.45) is 8.22. The molecular formula is C12H20N2. The van der Waals surface area contributed by atoms with E-state index >= 15 is 0 Å². The quantitative estimate of drug-likeness (QED) is 0.717. The number of hydrogen-bond acceptors (Lipinski definition) is 1. The topological polar surface area (TPSA) is 17.8 Å². The van der Waals surface area contributed by atoms with Gasteiger partial charge in [-0.1, -0.05) is 20.8 Å². The molecule has 0 aromatic carbocycles. The lowest BCUT2D eigenvalue weighted by Crippen LogP contribution is -2.14. The van der Waals surface area contributed by atoms with E-state index in [1.165, 1.54) is 24.8 Å². The molecule has 2 heteroatoms. The molecule has 0 N–H and O–H groups in total. The summed E-state index contributed by atoms with van der Waals surface area (Å²) >= 11 is 0.